The third-order valence-corrected chi connectivity index (χ3v) is 15.7. The monoisotopic (exact) mass is 784 g/mol. The molecule has 0 spiro atoms. The molecule has 284 valence electrons. The summed E-state index contributed by atoms with van der Waals surface area (Å²) >= 11 is 1.93. The highest BCUT2D eigenvalue weighted by molar-refractivity contribution is 7.26. The highest BCUT2D eigenvalue weighted by Crippen LogP contribution is 2.59. The first-order valence-corrected chi connectivity index (χ1v) is 22.3. The molecule has 0 atom stereocenters. The molecule has 0 bridgehead atoms. The minimum absolute atomic E-state index is 0.0601. The van der Waals surface area contributed by atoms with Crippen LogP contribution in [0.3, 0.4) is 0 Å². The molecule has 1 aromatic heterocycles. The van der Waals surface area contributed by atoms with Crippen molar-refractivity contribution in [2.45, 2.75) is 45.3 Å². The molecule has 0 radical (unpaired) electrons. The number of hydrogen-bond acceptors (Lipinski definition) is 3. The average molecular weight is 785 g/mol. The molecule has 9 aromatic rings. The van der Waals surface area contributed by atoms with Gasteiger partial charge in [0.2, 0.25) is 0 Å². The SMILES string of the molecule is CBc1ccc(N2c3cc4c(cc3B3c5c2cc2sc6ccccc6c2c5-c2cccc5c2N3c2ccccc2C5(C)C)C(C)(C)c2ccccc2-4)c(-c2ccccc2)c1. The maximum Gasteiger partial charge on any atom is 0.333 e. The van der Waals surface area contributed by atoms with Gasteiger partial charge in [-0.2, -0.15) is 0 Å². The van der Waals surface area contributed by atoms with Crippen LogP contribution in [0.15, 0.2) is 158 Å². The first-order chi connectivity index (χ1) is 29.3. The average Bonchev–Trinajstić information content (AvgIpc) is 3.76. The van der Waals surface area contributed by atoms with E-state index >= 15 is 0 Å². The molecule has 8 aromatic carbocycles. The first-order valence-electron chi connectivity index (χ1n) is 21.5. The summed E-state index contributed by atoms with van der Waals surface area (Å²) in [6.45, 7) is 11.9. The summed E-state index contributed by atoms with van der Waals surface area (Å²) in [5.41, 5.74) is 23.6. The van der Waals surface area contributed by atoms with Crippen molar-refractivity contribution in [2.75, 3.05) is 9.71 Å². The van der Waals surface area contributed by atoms with Gasteiger partial charge in [0.15, 0.2) is 7.28 Å². The zero-order chi connectivity index (χ0) is 40.2. The fraction of sp³-hybridized carbons (Fsp3) is 0.127. The lowest BCUT2D eigenvalue weighted by molar-refractivity contribution is 0.634. The van der Waals surface area contributed by atoms with E-state index in [4.69, 9.17) is 0 Å². The number of rotatable bonds is 3. The molecular formula is C55H42B2N2S. The second kappa shape index (κ2) is 11.9. The maximum atomic E-state index is 2.76. The Balaban J connectivity index is 1.24. The first kappa shape index (κ1) is 34.6. The van der Waals surface area contributed by atoms with Crippen LogP contribution in [-0.2, 0) is 10.8 Å². The molecule has 5 heteroatoms. The smallest absolute Gasteiger partial charge is 0.333 e. The molecule has 0 N–H and O–H groups in total. The number of benzene rings is 8. The Morgan fingerprint density at radius 2 is 1.23 bits per heavy atom. The molecule has 0 amide bonds. The zero-order valence-corrected chi connectivity index (χ0v) is 35.4. The molecule has 0 saturated carbocycles. The summed E-state index contributed by atoms with van der Waals surface area (Å²) in [4.78, 5) is 5.42. The van der Waals surface area contributed by atoms with Crippen molar-refractivity contribution in [3.8, 4) is 33.4 Å². The predicted octanol–water partition coefficient (Wildman–Crippen LogP) is 12.5. The van der Waals surface area contributed by atoms with Gasteiger partial charge < -0.3 is 9.71 Å². The lowest BCUT2D eigenvalue weighted by Crippen LogP contribution is -2.63. The molecular weight excluding hydrogens is 742 g/mol. The van der Waals surface area contributed by atoms with Crippen LogP contribution in [0, 0.1) is 0 Å². The van der Waals surface area contributed by atoms with Crippen LogP contribution in [0.4, 0.5) is 28.4 Å². The van der Waals surface area contributed by atoms with Crippen LogP contribution in [-0.4, -0.2) is 14.1 Å². The fourth-order valence-electron chi connectivity index (χ4n) is 11.7. The van der Waals surface area contributed by atoms with E-state index in [-0.39, 0.29) is 17.7 Å². The van der Waals surface area contributed by atoms with E-state index in [2.05, 4.69) is 202 Å². The summed E-state index contributed by atoms with van der Waals surface area (Å²) < 4.78 is 2.66. The number of para-hydroxylation sites is 2. The minimum atomic E-state index is -0.180. The number of hydrogen-bond donors (Lipinski definition) is 0. The lowest BCUT2D eigenvalue weighted by atomic mass is 9.42. The predicted molar refractivity (Wildman–Crippen MR) is 261 cm³/mol. The zero-order valence-electron chi connectivity index (χ0n) is 34.6. The summed E-state index contributed by atoms with van der Waals surface area (Å²) in [7, 11) is 0.977. The molecule has 4 heterocycles. The van der Waals surface area contributed by atoms with Crippen molar-refractivity contribution in [1.82, 2.24) is 0 Å². The fourth-order valence-corrected chi connectivity index (χ4v) is 12.9. The van der Waals surface area contributed by atoms with E-state index in [9.17, 15) is 0 Å². The van der Waals surface area contributed by atoms with Crippen molar-refractivity contribution >= 4 is 90.5 Å². The number of anilines is 5. The highest BCUT2D eigenvalue weighted by Gasteiger charge is 2.52. The van der Waals surface area contributed by atoms with E-state index in [0.717, 1.165) is 7.28 Å². The summed E-state index contributed by atoms with van der Waals surface area (Å²) in [6, 6.07) is 60.6. The van der Waals surface area contributed by atoms with Crippen LogP contribution < -0.4 is 26.1 Å². The quantitative estimate of drug-likeness (QED) is 0.165. The topological polar surface area (TPSA) is 6.48 Å². The van der Waals surface area contributed by atoms with Crippen LogP contribution in [0.25, 0.3) is 53.6 Å². The van der Waals surface area contributed by atoms with Gasteiger partial charge in [0.25, 0.3) is 0 Å². The van der Waals surface area contributed by atoms with Crippen LogP contribution >= 0.6 is 11.3 Å². The Morgan fingerprint density at radius 1 is 0.517 bits per heavy atom. The molecule has 0 unspecified atom stereocenters. The molecule has 60 heavy (non-hydrogen) atoms. The van der Waals surface area contributed by atoms with Gasteiger partial charge in [-0.15, -0.1) is 11.3 Å². The van der Waals surface area contributed by atoms with Crippen LogP contribution in [0.1, 0.15) is 49.9 Å². The Morgan fingerprint density at radius 3 is 2.08 bits per heavy atom. The van der Waals surface area contributed by atoms with E-state index in [1.165, 1.54) is 121 Å². The van der Waals surface area contributed by atoms with E-state index in [0.29, 0.717) is 0 Å². The van der Waals surface area contributed by atoms with Gasteiger partial charge in [-0.05, 0) is 85.8 Å². The standard InChI is InChI=1S/C55H42B2N2S/c1-54(2)39-21-11-9-18-34(39)38-29-46-43(30-42(38)54)57-52-47(58(46)44-27-26-33(56-5)28-37(44)32-16-7-6-8-17-32)31-49-50(35-19-10-14-25-48(35)60-49)51(52)36-20-15-23-41-53(36)59(57)45-24-13-12-22-40(45)55(41,3)4/h6-31,56H,1-5H3. The van der Waals surface area contributed by atoms with E-state index < -0.39 is 0 Å². The van der Waals surface area contributed by atoms with Crippen molar-refractivity contribution in [2.24, 2.45) is 0 Å². The Hall–Kier alpha value is -6.29. The van der Waals surface area contributed by atoms with Gasteiger partial charge in [0.05, 0.1) is 5.69 Å². The van der Waals surface area contributed by atoms with Crippen molar-refractivity contribution < 1.29 is 0 Å². The third-order valence-electron chi connectivity index (χ3n) is 14.6. The normalized spacial score (nSPS) is 15.6. The van der Waals surface area contributed by atoms with Gasteiger partial charge in [-0.25, -0.2) is 0 Å². The van der Waals surface area contributed by atoms with Gasteiger partial charge >= 0.3 is 6.85 Å². The van der Waals surface area contributed by atoms with Crippen molar-refractivity contribution in [3.63, 3.8) is 0 Å². The van der Waals surface area contributed by atoms with Gasteiger partial charge in [-0.1, -0.05) is 167 Å². The van der Waals surface area contributed by atoms with Gasteiger partial charge in [0.1, 0.15) is 0 Å². The van der Waals surface area contributed by atoms with E-state index in [1.807, 2.05) is 11.3 Å². The van der Waals surface area contributed by atoms with Gasteiger partial charge in [0, 0.05) is 64.9 Å². The highest BCUT2D eigenvalue weighted by atomic mass is 32.1. The number of fused-ring (bicyclic) bond motifs is 13. The molecule has 1 aliphatic carbocycles. The number of thiophene rings is 1. The molecule has 0 saturated heterocycles. The Kier molecular flexibility index (Phi) is 6.87. The Bertz CT molecular complexity index is 3340. The molecule has 13 rings (SSSR count). The molecule has 2 nitrogen and oxygen atoms in total. The largest absolute Gasteiger partial charge is 0.376 e. The maximum absolute atomic E-state index is 2.76. The van der Waals surface area contributed by atoms with Crippen molar-refractivity contribution in [1.29, 1.82) is 0 Å². The molecule has 4 aliphatic rings. The number of nitrogens with zero attached hydrogens (tertiary/aromatic N) is 2. The summed E-state index contributed by atoms with van der Waals surface area (Å²) in [5, 5.41) is 2.72. The van der Waals surface area contributed by atoms with Crippen LogP contribution in [0.2, 0.25) is 6.82 Å². The minimum Gasteiger partial charge on any atom is -0.376 e. The summed E-state index contributed by atoms with van der Waals surface area (Å²) in [6.07, 6.45) is 0. The van der Waals surface area contributed by atoms with Crippen molar-refractivity contribution in [3.05, 3.63) is 180 Å². The van der Waals surface area contributed by atoms with E-state index in [1.54, 1.807) is 0 Å². The Labute approximate surface area is 357 Å². The molecule has 3 aliphatic heterocycles. The third kappa shape index (κ3) is 4.31. The molecule has 0 fully saturated rings. The lowest BCUT2D eigenvalue weighted by Gasteiger charge is -2.51. The van der Waals surface area contributed by atoms with Crippen LogP contribution in [0.5, 0.6) is 0 Å². The second-order valence-electron chi connectivity index (χ2n) is 18.3. The summed E-state index contributed by atoms with van der Waals surface area (Å²) in [5.74, 6) is 0. The van der Waals surface area contributed by atoms with Gasteiger partial charge in [-0.3, -0.25) is 0 Å². The second-order valence-corrected chi connectivity index (χ2v) is 19.4.